The summed E-state index contributed by atoms with van der Waals surface area (Å²) < 4.78 is 29.9. The van der Waals surface area contributed by atoms with Gasteiger partial charge in [-0.3, -0.25) is 0 Å². The first kappa shape index (κ1) is 103. The number of aldehydes is 1. The van der Waals surface area contributed by atoms with Crippen molar-refractivity contribution < 1.29 is 89.5 Å². The minimum atomic E-state index is -1.06. The molecule has 5 fully saturated rings. The van der Waals surface area contributed by atoms with Crippen LogP contribution in [0.4, 0.5) is 24.0 Å². The molecule has 20 heteroatoms. The van der Waals surface area contributed by atoms with Crippen molar-refractivity contribution in [2.75, 3.05) is 52.5 Å². The Morgan fingerprint density at radius 3 is 1.04 bits per heavy atom. The van der Waals surface area contributed by atoms with E-state index in [0.29, 0.717) is 49.9 Å². The smallest absolute Gasteiger partial charge is 1.00 e. The van der Waals surface area contributed by atoms with Crippen LogP contribution in [-0.2, 0) is 33.2 Å². The maximum absolute atomic E-state index is 12.0. The fourth-order valence-electron chi connectivity index (χ4n) is 9.81. The average molecular weight is 1370 g/mol. The standard InChI is InChI=1S/C14H27NO2.C12H23NO3.C12H21NO3.C10H18O5.C9H18O.C8H16O.4CH4.CH3.BrH.Mg/c1-11(2)12-8-6-7-9-15(10-12)13(16)17-14(3,4)5;2*1-12(2,3)16-11(15)13-7-5-4-6-10(8-13)9-14;1-9(2,3)14-7(11)13-8(12)15-10(4,5)6;1-8(10)9-6-4-2-3-5-7-9;9-7-8-5-3-1-2-4-6-8;;;;;;;/h11-12H,6-10H2,1-5H3;10,14H,4-9H2,1-3H3;9-10H,4-8H2,1-3H3;1-6H3;8-10H,2-7H2,1H3;8-9H,1-7H2;4*1H4;1H3;1H;/q;;;;;;;;;;-1;;+2/p-1. The predicted octanol–water partition coefficient (Wildman–Crippen LogP) is 14.7. The fraction of sp³-hybridized carbons (Fsp3) is 0.900. The molecule has 5 rings (SSSR count). The molecule has 0 aromatic rings. The van der Waals surface area contributed by atoms with E-state index in [1.165, 1.54) is 89.9 Å². The molecule has 536 valence electrons. The molecule has 2 aliphatic carbocycles. The van der Waals surface area contributed by atoms with Crippen LogP contribution in [0.5, 0.6) is 0 Å². The van der Waals surface area contributed by atoms with Gasteiger partial charge in [0.25, 0.3) is 0 Å². The Morgan fingerprint density at radius 2 is 0.722 bits per heavy atom. The van der Waals surface area contributed by atoms with Crippen molar-refractivity contribution in [1.29, 1.82) is 0 Å². The Kier molecular flexibility index (Phi) is 61.6. The number of hydrogen-bond donors (Lipinski definition) is 3. The Morgan fingerprint density at radius 1 is 0.433 bits per heavy atom. The second-order valence-corrected chi connectivity index (χ2v) is 28.8. The quantitative estimate of drug-likeness (QED) is 0.0442. The van der Waals surface area contributed by atoms with Gasteiger partial charge in [-0.1, -0.05) is 114 Å². The molecule has 0 aromatic heterocycles. The molecule has 4 atom stereocenters. The Bertz CT molecular complexity index is 1770. The molecule has 0 bridgehead atoms. The molecule has 0 radical (unpaired) electrons. The van der Waals surface area contributed by atoms with Crippen LogP contribution >= 0.6 is 0 Å². The van der Waals surface area contributed by atoms with E-state index in [2.05, 4.69) is 18.6 Å². The number of carbonyl (C=O) groups excluding carboxylic acids is 6. The third-order valence-corrected chi connectivity index (χ3v) is 14.3. The molecule has 3 aliphatic heterocycles. The molecule has 90 heavy (non-hydrogen) atoms. The zero-order chi connectivity index (χ0) is 63.6. The van der Waals surface area contributed by atoms with Crippen molar-refractivity contribution in [3.8, 4) is 0 Å². The van der Waals surface area contributed by atoms with Crippen LogP contribution in [0.3, 0.4) is 0 Å². The number of aliphatic hydroxyl groups excluding tert-OH is 3. The average Bonchev–Trinajstić information content (AvgIpc) is 4.02. The number of hydrogen-bond acceptors (Lipinski definition) is 15. The molecule has 0 aromatic carbocycles. The van der Waals surface area contributed by atoms with Gasteiger partial charge in [-0.15, -0.1) is 0 Å². The monoisotopic (exact) mass is 1370 g/mol. The van der Waals surface area contributed by atoms with Crippen molar-refractivity contribution in [2.45, 2.75) is 323 Å². The van der Waals surface area contributed by atoms with E-state index < -0.39 is 40.3 Å². The fourth-order valence-corrected chi connectivity index (χ4v) is 9.81. The maximum atomic E-state index is 12.0. The van der Waals surface area contributed by atoms with Crippen LogP contribution < -0.4 is 17.0 Å². The number of rotatable bonds is 5. The first-order valence-corrected chi connectivity index (χ1v) is 31.8. The first-order valence-electron chi connectivity index (χ1n) is 31.8. The first-order chi connectivity index (χ1) is 38.4. The summed E-state index contributed by atoms with van der Waals surface area (Å²) in [6.07, 6.45) is 23.4. The minimum absolute atomic E-state index is 0. The van der Waals surface area contributed by atoms with Gasteiger partial charge in [0, 0.05) is 58.4 Å². The number of nitrogens with zero attached hydrogens (tertiary/aromatic N) is 3. The largest absolute Gasteiger partial charge is 2.00 e. The second kappa shape index (κ2) is 53.6. The van der Waals surface area contributed by atoms with Crippen LogP contribution in [0.2, 0.25) is 0 Å². The van der Waals surface area contributed by atoms with Gasteiger partial charge >= 0.3 is 53.6 Å². The molecule has 4 unspecified atom stereocenters. The molecule has 18 nitrogen and oxygen atoms in total. The van der Waals surface area contributed by atoms with E-state index in [-0.39, 0.29) is 120 Å². The van der Waals surface area contributed by atoms with Crippen LogP contribution in [-0.4, -0.2) is 177 Å². The molecule has 2 saturated carbocycles. The van der Waals surface area contributed by atoms with E-state index in [9.17, 15) is 33.9 Å². The topological polar surface area (TPSA) is 228 Å². The Balaban J connectivity index is -0.000000149. The number of carbonyl (C=O) groups is 6. The number of likely N-dealkylation sites (tertiary alicyclic amines) is 3. The Hall–Kier alpha value is -2.65. The summed E-state index contributed by atoms with van der Waals surface area (Å²) in [6, 6.07) is 0. The van der Waals surface area contributed by atoms with Crippen molar-refractivity contribution in [2.24, 2.45) is 35.5 Å². The van der Waals surface area contributed by atoms with Gasteiger partial charge in [-0.2, -0.15) is 0 Å². The summed E-state index contributed by atoms with van der Waals surface area (Å²) in [7, 11) is 0. The van der Waals surface area contributed by atoms with E-state index in [0.717, 1.165) is 70.9 Å². The van der Waals surface area contributed by atoms with Crippen molar-refractivity contribution in [3.63, 3.8) is 0 Å². The van der Waals surface area contributed by atoms with Gasteiger partial charge in [0.2, 0.25) is 0 Å². The minimum Gasteiger partial charge on any atom is -1.00 e. The van der Waals surface area contributed by atoms with Crippen molar-refractivity contribution in [3.05, 3.63) is 7.43 Å². The third-order valence-electron chi connectivity index (χ3n) is 14.3. The van der Waals surface area contributed by atoms with E-state index in [1.54, 1.807) is 51.3 Å². The maximum Gasteiger partial charge on any atom is 2.00 e. The van der Waals surface area contributed by atoms with Gasteiger partial charge in [-0.05, 0) is 205 Å². The normalized spacial score (nSPS) is 19.5. The SMILES string of the molecule is C.C.C.C.CC(C)(C)OC(=O)N1CCCCC(C=O)C1.CC(C)(C)OC(=O)N1CCCCC(CO)C1.CC(C)(C)OC(=O)OC(=O)OC(C)(C)C.CC(C)C1CCCCN(C(=O)OC(C)(C)C)C1.CC(O)C1CCCCCC1.OCC1CCCCCC1.[Br-].[CH3-].[Mg+2]. The Labute approximate surface area is 579 Å². The summed E-state index contributed by atoms with van der Waals surface area (Å²) in [5.41, 5.74) is -2.70. The van der Waals surface area contributed by atoms with Crippen LogP contribution in [0.25, 0.3) is 0 Å². The van der Waals surface area contributed by atoms with E-state index in [4.69, 9.17) is 33.9 Å². The van der Waals surface area contributed by atoms with Crippen LogP contribution in [0, 0.1) is 42.9 Å². The van der Waals surface area contributed by atoms with Gasteiger partial charge in [-0.25, -0.2) is 24.0 Å². The zero-order valence-electron chi connectivity index (χ0n) is 57.8. The number of ether oxygens (including phenoxy) is 6. The summed E-state index contributed by atoms with van der Waals surface area (Å²) in [4.78, 5) is 73.8. The van der Waals surface area contributed by atoms with Crippen LogP contribution in [0.1, 0.15) is 289 Å². The van der Waals surface area contributed by atoms with Crippen molar-refractivity contribution >= 4 is 59.9 Å². The predicted molar refractivity (Wildman–Crippen MR) is 367 cm³/mol. The molecular weight excluding hydrogens is 1230 g/mol. The molecule has 3 amide bonds. The molecular formula is C70H142BrMgN3O15. The van der Waals surface area contributed by atoms with E-state index >= 15 is 0 Å². The van der Waals surface area contributed by atoms with Crippen molar-refractivity contribution in [1.82, 2.24) is 14.7 Å². The molecule has 3 heterocycles. The van der Waals surface area contributed by atoms with Gasteiger partial charge in [0.05, 0.1) is 6.10 Å². The molecule has 3 N–H and O–H groups in total. The van der Waals surface area contributed by atoms with Crippen LogP contribution in [0.15, 0.2) is 0 Å². The second-order valence-electron chi connectivity index (χ2n) is 28.8. The number of amides is 3. The van der Waals surface area contributed by atoms with Gasteiger partial charge in [0.1, 0.15) is 34.3 Å². The molecule has 5 aliphatic rings. The summed E-state index contributed by atoms with van der Waals surface area (Å²) >= 11 is 0. The number of halogens is 1. The van der Waals surface area contributed by atoms with E-state index in [1.807, 2.05) is 74.1 Å². The van der Waals surface area contributed by atoms with Gasteiger partial charge < -0.3 is 87.6 Å². The molecule has 3 saturated heterocycles. The summed E-state index contributed by atoms with van der Waals surface area (Å²) in [5, 5.41) is 27.3. The third kappa shape index (κ3) is 56.8. The summed E-state index contributed by atoms with van der Waals surface area (Å²) in [6.45, 7) is 38.1. The van der Waals surface area contributed by atoms with Gasteiger partial charge in [0.15, 0.2) is 0 Å². The number of aliphatic hydroxyl groups is 3. The molecule has 0 spiro atoms. The zero-order valence-corrected chi connectivity index (χ0v) is 60.8. The summed E-state index contributed by atoms with van der Waals surface area (Å²) in [5.74, 6) is 2.66.